The topological polar surface area (TPSA) is 114 Å². The van der Waals surface area contributed by atoms with Gasteiger partial charge < -0.3 is 4.74 Å². The molecular weight excluding hydrogens is 230 g/mol. The molecule has 1 unspecified atom stereocenters. The molecule has 17 heavy (non-hydrogen) atoms. The molecule has 1 atom stereocenters. The normalized spacial score (nSPS) is 11.8. The van der Waals surface area contributed by atoms with Gasteiger partial charge in [0.1, 0.15) is 0 Å². The summed E-state index contributed by atoms with van der Waals surface area (Å²) in [4.78, 5) is 48.3. The number of carbonyl (C=O) groups is 1. The monoisotopic (exact) mass is 241 g/mol. The zero-order chi connectivity index (χ0) is 13.0. The fraction of sp³-hybridized carbons (Fsp3) is 0.333. The highest BCUT2D eigenvalue weighted by Crippen LogP contribution is 2.07. The number of aromatic amines is 2. The summed E-state index contributed by atoms with van der Waals surface area (Å²) in [5.74, 6) is -0.769. The summed E-state index contributed by atoms with van der Waals surface area (Å²) in [6, 6.07) is 0. The number of rotatable bonds is 4. The molecule has 0 aromatic carbocycles. The molecule has 0 saturated carbocycles. The fourth-order valence-electron chi connectivity index (χ4n) is 1.20. The quantitative estimate of drug-likeness (QED) is 0.511. The lowest BCUT2D eigenvalue weighted by atomic mass is 10.4. The highest BCUT2D eigenvalue weighted by atomic mass is 16.6. The van der Waals surface area contributed by atoms with Crippen LogP contribution >= 0.6 is 0 Å². The van der Waals surface area contributed by atoms with Crippen molar-refractivity contribution in [1.82, 2.24) is 14.5 Å². The first-order chi connectivity index (χ1) is 7.99. The van der Waals surface area contributed by atoms with Crippen LogP contribution in [0.25, 0.3) is 0 Å². The third-order valence-electron chi connectivity index (χ3n) is 1.93. The van der Waals surface area contributed by atoms with Crippen molar-refractivity contribution in [3.8, 4) is 0 Å². The Morgan fingerprint density at radius 3 is 2.35 bits per heavy atom. The summed E-state index contributed by atoms with van der Waals surface area (Å²) >= 11 is 0. The lowest BCUT2D eigenvalue weighted by molar-refractivity contribution is -0.148. The van der Waals surface area contributed by atoms with Gasteiger partial charge in [-0.2, -0.15) is 0 Å². The molecule has 0 fully saturated rings. The van der Waals surface area contributed by atoms with E-state index in [1.165, 1.54) is 0 Å². The smallest absolute Gasteiger partial charge is 0.336 e. The zero-order valence-electron chi connectivity index (χ0n) is 9.06. The summed E-state index contributed by atoms with van der Waals surface area (Å²) in [5, 5.41) is 0. The molecule has 2 N–H and O–H groups in total. The summed E-state index contributed by atoms with van der Waals surface area (Å²) in [6.45, 7) is 4.80. The molecule has 8 heteroatoms. The number of nitrogens with one attached hydrogen (secondary N) is 2. The number of ether oxygens (including phenoxy) is 1. The van der Waals surface area contributed by atoms with E-state index in [2.05, 4.69) is 6.58 Å². The Hall–Kier alpha value is -2.38. The van der Waals surface area contributed by atoms with Crippen LogP contribution in [0.5, 0.6) is 0 Å². The third kappa shape index (κ3) is 2.80. The maximum atomic E-state index is 11.4. The van der Waals surface area contributed by atoms with E-state index in [9.17, 15) is 19.2 Å². The van der Waals surface area contributed by atoms with E-state index < -0.39 is 29.3 Å². The number of hydrogen-bond donors (Lipinski definition) is 2. The van der Waals surface area contributed by atoms with Crippen LogP contribution in [0.2, 0.25) is 0 Å². The minimum atomic E-state index is -1.09. The third-order valence-corrected chi connectivity index (χ3v) is 1.93. The van der Waals surface area contributed by atoms with E-state index in [0.717, 1.165) is 6.08 Å². The Balaban J connectivity index is 3.26. The van der Waals surface area contributed by atoms with Gasteiger partial charge in [-0.1, -0.05) is 13.5 Å². The minimum Gasteiger partial charge on any atom is -0.438 e. The molecule has 0 aliphatic carbocycles. The summed E-state index contributed by atoms with van der Waals surface area (Å²) < 4.78 is 5.41. The molecule has 0 aliphatic heterocycles. The van der Waals surface area contributed by atoms with Gasteiger partial charge >= 0.3 is 23.0 Å². The van der Waals surface area contributed by atoms with Gasteiger partial charge in [-0.25, -0.2) is 23.7 Å². The lowest BCUT2D eigenvalue weighted by Gasteiger charge is -2.15. The van der Waals surface area contributed by atoms with Crippen molar-refractivity contribution in [2.24, 2.45) is 0 Å². The second kappa shape index (κ2) is 5.10. The second-order valence-electron chi connectivity index (χ2n) is 3.06. The van der Waals surface area contributed by atoms with Gasteiger partial charge in [-0.3, -0.25) is 9.97 Å². The van der Waals surface area contributed by atoms with Crippen molar-refractivity contribution in [2.75, 3.05) is 0 Å². The Morgan fingerprint density at radius 2 is 1.94 bits per heavy atom. The maximum Gasteiger partial charge on any atom is 0.336 e. The van der Waals surface area contributed by atoms with Crippen LogP contribution in [0.15, 0.2) is 27.0 Å². The Kier molecular flexibility index (Phi) is 3.81. The van der Waals surface area contributed by atoms with Gasteiger partial charge in [0.25, 0.3) is 0 Å². The number of H-pyrrole nitrogens is 2. The van der Waals surface area contributed by atoms with Crippen LogP contribution in [0.4, 0.5) is 0 Å². The lowest BCUT2D eigenvalue weighted by Crippen LogP contribution is -2.45. The summed E-state index contributed by atoms with van der Waals surface area (Å²) in [7, 11) is 0. The van der Waals surface area contributed by atoms with E-state index in [4.69, 9.17) is 4.74 Å². The SMILES string of the molecule is C=CC(=O)OC(CC)n1c(=O)[nH]c(=O)[nH]c1=O. The van der Waals surface area contributed by atoms with E-state index in [1.807, 2.05) is 9.97 Å². The van der Waals surface area contributed by atoms with Crippen LogP contribution in [0, 0.1) is 0 Å². The van der Waals surface area contributed by atoms with Crippen LogP contribution in [0.3, 0.4) is 0 Å². The highest BCUT2D eigenvalue weighted by molar-refractivity contribution is 5.81. The molecule has 1 rings (SSSR count). The van der Waals surface area contributed by atoms with Crippen molar-refractivity contribution in [3.05, 3.63) is 44.1 Å². The van der Waals surface area contributed by atoms with Gasteiger partial charge in [0.15, 0.2) is 6.23 Å². The molecular formula is C9H11N3O5. The number of esters is 1. The van der Waals surface area contributed by atoms with Gasteiger partial charge in [-0.15, -0.1) is 0 Å². The maximum absolute atomic E-state index is 11.4. The first-order valence-electron chi connectivity index (χ1n) is 4.77. The molecule has 0 radical (unpaired) electrons. The molecule has 1 aromatic heterocycles. The van der Waals surface area contributed by atoms with E-state index >= 15 is 0 Å². The van der Waals surface area contributed by atoms with E-state index in [0.29, 0.717) is 4.57 Å². The predicted octanol–water partition coefficient (Wildman–Crippen LogP) is -1.14. The summed E-state index contributed by atoms with van der Waals surface area (Å²) in [6.07, 6.45) is 0.0101. The van der Waals surface area contributed by atoms with Crippen molar-refractivity contribution in [2.45, 2.75) is 19.6 Å². The van der Waals surface area contributed by atoms with Crippen molar-refractivity contribution >= 4 is 5.97 Å². The number of hydrogen-bond acceptors (Lipinski definition) is 5. The van der Waals surface area contributed by atoms with Gasteiger partial charge in [0, 0.05) is 12.5 Å². The standard InChI is InChI=1S/C9H11N3O5/c1-3-5(17-6(13)4-2)12-8(15)10-7(14)11-9(12)16/h4-5H,2-3H2,1H3,(H2,10,11,14,15,16). The number of aromatic nitrogens is 3. The molecule has 0 aliphatic rings. The average molecular weight is 241 g/mol. The number of nitrogens with zero attached hydrogens (tertiary/aromatic N) is 1. The van der Waals surface area contributed by atoms with Crippen molar-refractivity contribution in [1.29, 1.82) is 0 Å². The highest BCUT2D eigenvalue weighted by Gasteiger charge is 2.17. The molecule has 0 bridgehead atoms. The van der Waals surface area contributed by atoms with Crippen LogP contribution < -0.4 is 17.1 Å². The van der Waals surface area contributed by atoms with Gasteiger partial charge in [0.05, 0.1) is 0 Å². The molecule has 0 saturated heterocycles. The summed E-state index contributed by atoms with van der Waals surface area (Å²) in [5.41, 5.74) is -2.80. The molecule has 92 valence electrons. The Labute approximate surface area is 94.6 Å². The van der Waals surface area contributed by atoms with Crippen LogP contribution in [-0.2, 0) is 9.53 Å². The van der Waals surface area contributed by atoms with Crippen molar-refractivity contribution in [3.63, 3.8) is 0 Å². The van der Waals surface area contributed by atoms with E-state index in [1.54, 1.807) is 6.92 Å². The van der Waals surface area contributed by atoms with Crippen LogP contribution in [-0.4, -0.2) is 20.5 Å². The van der Waals surface area contributed by atoms with Crippen LogP contribution in [0.1, 0.15) is 19.6 Å². The Bertz CT molecular complexity index is 559. The average Bonchev–Trinajstić information content (AvgIpc) is 2.25. The minimum absolute atomic E-state index is 0.189. The molecule has 1 heterocycles. The van der Waals surface area contributed by atoms with Gasteiger partial charge in [0.2, 0.25) is 0 Å². The predicted molar refractivity (Wildman–Crippen MR) is 57.6 cm³/mol. The second-order valence-corrected chi connectivity index (χ2v) is 3.06. The van der Waals surface area contributed by atoms with E-state index in [-0.39, 0.29) is 6.42 Å². The van der Waals surface area contributed by atoms with Crippen molar-refractivity contribution < 1.29 is 9.53 Å². The van der Waals surface area contributed by atoms with Gasteiger partial charge in [-0.05, 0) is 0 Å². The Morgan fingerprint density at radius 1 is 1.41 bits per heavy atom. The first kappa shape index (κ1) is 12.7. The molecule has 8 nitrogen and oxygen atoms in total. The zero-order valence-corrected chi connectivity index (χ0v) is 9.06. The molecule has 1 aromatic rings. The molecule has 0 spiro atoms. The largest absolute Gasteiger partial charge is 0.438 e. The first-order valence-corrected chi connectivity index (χ1v) is 4.77. The number of carbonyl (C=O) groups excluding carboxylic acids is 1. The fourth-order valence-corrected chi connectivity index (χ4v) is 1.20. The molecule has 0 amide bonds.